The van der Waals surface area contributed by atoms with Gasteiger partial charge in [-0.05, 0) is 33.6 Å². The van der Waals surface area contributed by atoms with Gasteiger partial charge in [0.1, 0.15) is 24.4 Å². The molecule has 9 atom stereocenters. The van der Waals surface area contributed by atoms with Crippen LogP contribution in [0.2, 0.25) is 0 Å². The summed E-state index contributed by atoms with van der Waals surface area (Å²) in [6.45, 7) is 4.24. The molecule has 14 heteroatoms. The minimum atomic E-state index is -1.64. The normalized spacial score (nSPS) is 32.0. The number of hydrogen-bond donors (Lipinski definition) is 5. The zero-order valence-electron chi connectivity index (χ0n) is 20.4. The van der Waals surface area contributed by atoms with Gasteiger partial charge in [0.25, 0.3) is 0 Å². The zero-order valence-corrected chi connectivity index (χ0v) is 20.4. The molecule has 0 aromatic rings. The summed E-state index contributed by atoms with van der Waals surface area (Å²) in [7, 11) is 0. The number of ether oxygens (including phenoxy) is 3. The molecule has 2 unspecified atom stereocenters. The van der Waals surface area contributed by atoms with E-state index in [4.69, 9.17) is 14.2 Å². The van der Waals surface area contributed by atoms with Crippen LogP contribution in [-0.4, -0.2) is 117 Å². The van der Waals surface area contributed by atoms with Gasteiger partial charge in [-0.2, -0.15) is 0 Å². The Kier molecular flexibility index (Phi) is 11.0. The molecule has 0 radical (unpaired) electrons. The number of carbonyl (C=O) groups is 4. The van der Waals surface area contributed by atoms with Crippen molar-refractivity contribution < 1.29 is 58.9 Å². The number of nitrogens with zero attached hydrogens (tertiary/aromatic N) is 1. The van der Waals surface area contributed by atoms with Crippen LogP contribution in [0, 0.1) is 0 Å². The van der Waals surface area contributed by atoms with Crippen molar-refractivity contribution in [2.45, 2.75) is 101 Å². The number of aliphatic carboxylic acids is 1. The van der Waals surface area contributed by atoms with Gasteiger partial charge in [-0.15, -0.1) is 0 Å². The van der Waals surface area contributed by atoms with Crippen LogP contribution in [0.5, 0.6) is 0 Å². The highest BCUT2D eigenvalue weighted by Crippen LogP contribution is 2.24. The quantitative estimate of drug-likeness (QED) is 0.166. The third kappa shape index (κ3) is 7.57. The summed E-state index contributed by atoms with van der Waals surface area (Å²) in [6.07, 6.45) is -9.66. The summed E-state index contributed by atoms with van der Waals surface area (Å²) in [4.78, 5) is 50.0. The van der Waals surface area contributed by atoms with Crippen molar-refractivity contribution in [2.24, 2.45) is 0 Å². The molecule has 0 spiro atoms. The smallest absolute Gasteiger partial charge is 0.331 e. The Balaban J connectivity index is 2.12. The first-order chi connectivity index (χ1) is 16.9. The molecule has 0 aromatic heterocycles. The molecule has 2 amide bonds. The average Bonchev–Trinajstić information content (AvgIpc) is 3.21. The first-order valence-electron chi connectivity index (χ1n) is 11.9. The first-order valence-corrected chi connectivity index (χ1v) is 11.9. The third-order valence-corrected chi connectivity index (χ3v) is 6.14. The molecule has 2 rings (SSSR count). The number of aliphatic hydroxyl groups is 4. The van der Waals surface area contributed by atoms with Crippen LogP contribution in [0.4, 0.5) is 0 Å². The lowest BCUT2D eigenvalue weighted by Crippen LogP contribution is -2.60. The third-order valence-electron chi connectivity index (χ3n) is 6.14. The number of carboxylic acid groups (broad SMARTS) is 1. The van der Waals surface area contributed by atoms with E-state index in [9.17, 15) is 44.7 Å². The van der Waals surface area contributed by atoms with Crippen molar-refractivity contribution in [3.05, 3.63) is 0 Å². The molecule has 14 nitrogen and oxygen atoms in total. The minimum Gasteiger partial charge on any atom is -0.550 e. The molecule has 2 fully saturated rings. The molecule has 0 aromatic carbocycles. The van der Waals surface area contributed by atoms with Gasteiger partial charge in [-0.1, -0.05) is 0 Å². The number of esters is 1. The second-order valence-corrected chi connectivity index (χ2v) is 8.94. The van der Waals surface area contributed by atoms with Crippen molar-refractivity contribution in [1.82, 2.24) is 10.2 Å². The van der Waals surface area contributed by atoms with Crippen molar-refractivity contribution in [2.75, 3.05) is 13.2 Å². The van der Waals surface area contributed by atoms with Gasteiger partial charge < -0.3 is 54.8 Å². The Bertz CT molecular complexity index is 795. The second-order valence-electron chi connectivity index (χ2n) is 8.94. The Hall–Kier alpha value is -2.36. The molecular weight excluding hydrogens is 484 g/mol. The van der Waals surface area contributed by atoms with Crippen LogP contribution in [0.25, 0.3) is 0 Å². The van der Waals surface area contributed by atoms with Gasteiger partial charge in [-0.25, -0.2) is 4.79 Å². The summed E-state index contributed by atoms with van der Waals surface area (Å²) in [5.41, 5.74) is 0. The predicted molar refractivity (Wildman–Crippen MR) is 116 cm³/mol. The molecule has 2 aliphatic rings. The highest BCUT2D eigenvalue weighted by molar-refractivity contribution is 5.91. The van der Waals surface area contributed by atoms with E-state index >= 15 is 0 Å². The van der Waals surface area contributed by atoms with Crippen LogP contribution in [0.15, 0.2) is 0 Å². The minimum absolute atomic E-state index is 0.00110. The molecule has 36 heavy (non-hydrogen) atoms. The maximum absolute atomic E-state index is 13.1. The molecule has 2 saturated heterocycles. The molecule has 0 saturated carbocycles. The van der Waals surface area contributed by atoms with Crippen LogP contribution < -0.4 is 10.4 Å². The number of hydrogen-bond acceptors (Lipinski definition) is 12. The summed E-state index contributed by atoms with van der Waals surface area (Å²) in [5.74, 6) is -3.50. The van der Waals surface area contributed by atoms with Crippen LogP contribution in [-0.2, 0) is 33.4 Å². The molecule has 206 valence electrons. The van der Waals surface area contributed by atoms with Gasteiger partial charge in [-0.3, -0.25) is 9.59 Å². The van der Waals surface area contributed by atoms with Crippen LogP contribution in [0.3, 0.4) is 0 Å². The Morgan fingerprint density at radius 2 is 1.78 bits per heavy atom. The molecule has 2 heterocycles. The van der Waals surface area contributed by atoms with Crippen LogP contribution >= 0.6 is 0 Å². The summed E-state index contributed by atoms with van der Waals surface area (Å²) < 4.78 is 16.0. The number of amides is 2. The summed E-state index contributed by atoms with van der Waals surface area (Å²) in [6, 6.07) is -2.55. The van der Waals surface area contributed by atoms with E-state index < -0.39 is 78.8 Å². The number of carbonyl (C=O) groups excluding carboxylic acids is 4. The second kappa shape index (κ2) is 13.3. The van der Waals surface area contributed by atoms with E-state index in [1.165, 1.54) is 13.8 Å². The Morgan fingerprint density at radius 1 is 1.11 bits per heavy atom. The lowest BCUT2D eigenvalue weighted by Gasteiger charge is -2.40. The topological polar surface area (TPSA) is 215 Å². The number of likely N-dealkylation sites (tertiary alicyclic amines) is 1. The lowest BCUT2D eigenvalue weighted by molar-refractivity contribution is -0.305. The number of aliphatic hydroxyl groups excluding tert-OH is 4. The number of nitrogens with one attached hydrogen (secondary N) is 1. The molecule has 5 N–H and O–H groups in total. The molecule has 2 aliphatic heterocycles. The van der Waals surface area contributed by atoms with E-state index in [0.29, 0.717) is 0 Å². The van der Waals surface area contributed by atoms with Crippen LogP contribution in [0.1, 0.15) is 46.5 Å². The fourth-order valence-corrected chi connectivity index (χ4v) is 4.13. The standard InChI is InChI=1S/C22H36N2O12/c1-4-34-21(33)16(10(2)35-22-19(31)18(30)17(29)11(3)36-22)23-20(32)13-8-12(25)9-24(13)14(26)6-5-7-15(27)28/h10-13,16-19,22,25,29-31H,4-9H2,1-3H3,(H,23,32)(H,27,28)/p-1/t10-,11+,12-,13+,16+,17-,18?,19?,22+/m1/s1. The van der Waals surface area contributed by atoms with Crippen molar-refractivity contribution in [3.8, 4) is 0 Å². The van der Waals surface area contributed by atoms with Crippen molar-refractivity contribution in [1.29, 1.82) is 0 Å². The number of rotatable bonds is 11. The van der Waals surface area contributed by atoms with Gasteiger partial charge >= 0.3 is 5.97 Å². The summed E-state index contributed by atoms with van der Waals surface area (Å²) >= 11 is 0. The predicted octanol–water partition coefficient (Wildman–Crippen LogP) is -3.85. The Labute approximate surface area is 208 Å². The van der Waals surface area contributed by atoms with Crippen molar-refractivity contribution >= 4 is 23.8 Å². The zero-order chi connectivity index (χ0) is 27.2. The highest BCUT2D eigenvalue weighted by Gasteiger charge is 2.45. The van der Waals surface area contributed by atoms with E-state index in [-0.39, 0.29) is 38.8 Å². The van der Waals surface area contributed by atoms with Gasteiger partial charge in [0.05, 0.1) is 24.9 Å². The van der Waals surface area contributed by atoms with E-state index in [2.05, 4.69) is 5.32 Å². The highest BCUT2D eigenvalue weighted by atomic mass is 16.7. The monoisotopic (exact) mass is 519 g/mol. The largest absolute Gasteiger partial charge is 0.550 e. The maximum atomic E-state index is 13.1. The fraction of sp³-hybridized carbons (Fsp3) is 0.818. The number of carboxylic acids is 1. The summed E-state index contributed by atoms with van der Waals surface area (Å²) in [5, 5.41) is 53.2. The van der Waals surface area contributed by atoms with E-state index in [0.717, 1.165) is 4.90 Å². The molecule has 0 bridgehead atoms. The van der Waals surface area contributed by atoms with Gasteiger partial charge in [0, 0.05) is 25.4 Å². The number of β-amino-alcohol motifs (C(OH)–C–C–N with tert-alkyl or cyclic N) is 1. The lowest BCUT2D eigenvalue weighted by atomic mass is 10.00. The van der Waals surface area contributed by atoms with Crippen molar-refractivity contribution in [3.63, 3.8) is 0 Å². The maximum Gasteiger partial charge on any atom is 0.331 e. The van der Waals surface area contributed by atoms with E-state index in [1.54, 1.807) is 6.92 Å². The fourth-order valence-electron chi connectivity index (χ4n) is 4.13. The van der Waals surface area contributed by atoms with Gasteiger partial charge in [0.2, 0.25) is 11.8 Å². The first kappa shape index (κ1) is 29.9. The van der Waals surface area contributed by atoms with Gasteiger partial charge in [0.15, 0.2) is 12.3 Å². The van der Waals surface area contributed by atoms with E-state index in [1.807, 2.05) is 0 Å². The molecule has 0 aliphatic carbocycles. The average molecular weight is 520 g/mol. The Morgan fingerprint density at radius 3 is 2.39 bits per heavy atom. The SMILES string of the molecule is CCOC(=O)[C@@H](NC(=O)[C@@H]1C[C@@H](O)CN1C(=O)CCCC(=O)[O-])[C@@H](C)O[C@H]1O[C@@H](C)[C@@H](O)C(O)C1O. The molecular formula is C22H35N2O12-.